The van der Waals surface area contributed by atoms with Crippen LogP contribution in [-0.2, 0) is 6.42 Å². The lowest BCUT2D eigenvalue weighted by Gasteiger charge is -1.96. The standard InChI is InChI=1S/C13H11N5S/c1-2-9-8(7-14)12(15)18(17-9)13-16-10-5-3-4-6-11(10)19-13/h3-6H,2,15H2,1H3. The lowest BCUT2D eigenvalue weighted by atomic mass is 10.2. The van der Waals surface area contributed by atoms with Crippen LogP contribution >= 0.6 is 11.3 Å². The number of nitrogens with two attached hydrogens (primary N) is 1. The number of para-hydroxylation sites is 1. The van der Waals surface area contributed by atoms with Gasteiger partial charge >= 0.3 is 0 Å². The van der Waals surface area contributed by atoms with E-state index in [1.807, 2.05) is 31.2 Å². The SMILES string of the molecule is CCc1nn(-c2nc3ccccc3s2)c(N)c1C#N. The van der Waals surface area contributed by atoms with E-state index < -0.39 is 0 Å². The van der Waals surface area contributed by atoms with Gasteiger partial charge in [0.2, 0.25) is 5.13 Å². The number of nitrogens with zero attached hydrogens (tertiary/aromatic N) is 4. The molecule has 6 heteroatoms. The molecular formula is C13H11N5S. The fraction of sp³-hybridized carbons (Fsp3) is 0.154. The van der Waals surface area contributed by atoms with Crippen molar-refractivity contribution in [3.05, 3.63) is 35.5 Å². The Morgan fingerprint density at radius 2 is 2.21 bits per heavy atom. The smallest absolute Gasteiger partial charge is 0.213 e. The molecule has 0 saturated carbocycles. The molecular weight excluding hydrogens is 258 g/mol. The molecule has 0 bridgehead atoms. The number of aromatic nitrogens is 3. The zero-order valence-corrected chi connectivity index (χ0v) is 11.1. The molecule has 0 fully saturated rings. The van der Waals surface area contributed by atoms with Crippen molar-refractivity contribution in [1.82, 2.24) is 14.8 Å². The molecule has 2 aromatic heterocycles. The van der Waals surface area contributed by atoms with Gasteiger partial charge in [0, 0.05) is 0 Å². The van der Waals surface area contributed by atoms with Crippen molar-refractivity contribution in [3.63, 3.8) is 0 Å². The predicted octanol–water partition coefficient (Wildman–Crippen LogP) is 2.50. The van der Waals surface area contributed by atoms with Crippen LogP contribution in [0.15, 0.2) is 24.3 Å². The zero-order chi connectivity index (χ0) is 13.4. The number of nitrogen functional groups attached to an aromatic ring is 1. The second-order valence-corrected chi connectivity index (χ2v) is 5.06. The van der Waals surface area contributed by atoms with E-state index in [0.717, 1.165) is 10.2 Å². The first-order chi connectivity index (χ1) is 9.24. The number of hydrogen-bond acceptors (Lipinski definition) is 5. The third-order valence-corrected chi connectivity index (χ3v) is 3.92. The van der Waals surface area contributed by atoms with Crippen molar-refractivity contribution in [2.24, 2.45) is 0 Å². The quantitative estimate of drug-likeness (QED) is 0.775. The van der Waals surface area contributed by atoms with Crippen LogP contribution in [0.4, 0.5) is 5.82 Å². The van der Waals surface area contributed by atoms with Gasteiger partial charge in [-0.15, -0.1) is 0 Å². The van der Waals surface area contributed by atoms with Gasteiger partial charge in [-0.05, 0) is 18.6 Å². The lowest BCUT2D eigenvalue weighted by molar-refractivity contribution is 0.843. The number of anilines is 1. The van der Waals surface area contributed by atoms with Gasteiger partial charge in [0.1, 0.15) is 17.5 Å². The maximum Gasteiger partial charge on any atom is 0.213 e. The summed E-state index contributed by atoms with van der Waals surface area (Å²) in [5.74, 6) is 0.360. The van der Waals surface area contributed by atoms with Crippen molar-refractivity contribution in [2.45, 2.75) is 13.3 Å². The van der Waals surface area contributed by atoms with Gasteiger partial charge in [0.15, 0.2) is 0 Å². The molecule has 0 radical (unpaired) electrons. The highest BCUT2D eigenvalue weighted by atomic mass is 32.1. The molecule has 0 aliphatic heterocycles. The molecule has 0 spiro atoms. The third-order valence-electron chi connectivity index (χ3n) is 2.90. The Hall–Kier alpha value is -2.39. The highest BCUT2D eigenvalue weighted by molar-refractivity contribution is 7.20. The van der Waals surface area contributed by atoms with E-state index in [-0.39, 0.29) is 0 Å². The first-order valence-corrected chi connectivity index (χ1v) is 6.69. The molecule has 0 unspecified atom stereocenters. The van der Waals surface area contributed by atoms with Crippen LogP contribution in [0, 0.1) is 11.3 Å². The molecule has 0 amide bonds. The third kappa shape index (κ3) is 1.75. The molecule has 94 valence electrons. The van der Waals surface area contributed by atoms with Crippen LogP contribution in [0.25, 0.3) is 15.3 Å². The van der Waals surface area contributed by atoms with E-state index >= 15 is 0 Å². The van der Waals surface area contributed by atoms with E-state index in [1.165, 1.54) is 11.3 Å². The van der Waals surface area contributed by atoms with E-state index in [1.54, 1.807) is 4.68 Å². The highest BCUT2D eigenvalue weighted by Crippen LogP contribution is 2.27. The summed E-state index contributed by atoms with van der Waals surface area (Å²) in [6.45, 7) is 1.95. The summed E-state index contributed by atoms with van der Waals surface area (Å²) in [4.78, 5) is 4.50. The van der Waals surface area contributed by atoms with Crippen LogP contribution in [0.2, 0.25) is 0 Å². The number of benzene rings is 1. The Bertz CT molecular complexity index is 760. The number of fused-ring (bicyclic) bond motifs is 1. The van der Waals surface area contributed by atoms with Crippen molar-refractivity contribution >= 4 is 27.4 Å². The summed E-state index contributed by atoms with van der Waals surface area (Å²) in [6.07, 6.45) is 0.672. The van der Waals surface area contributed by atoms with Gasteiger partial charge in [-0.1, -0.05) is 30.4 Å². The van der Waals surface area contributed by atoms with Crippen molar-refractivity contribution < 1.29 is 0 Å². The molecule has 3 aromatic rings. The molecule has 3 rings (SSSR count). The summed E-state index contributed by atoms with van der Waals surface area (Å²) < 4.78 is 2.63. The summed E-state index contributed by atoms with van der Waals surface area (Å²) in [5, 5.41) is 14.2. The predicted molar refractivity (Wildman–Crippen MR) is 75.2 cm³/mol. The Kier molecular flexibility index (Phi) is 2.69. The summed E-state index contributed by atoms with van der Waals surface area (Å²) in [7, 11) is 0. The van der Waals surface area contributed by atoms with Crippen LogP contribution in [0.1, 0.15) is 18.2 Å². The van der Waals surface area contributed by atoms with Crippen molar-refractivity contribution in [3.8, 4) is 11.2 Å². The second-order valence-electron chi connectivity index (χ2n) is 4.05. The molecule has 0 aliphatic rings. The Morgan fingerprint density at radius 3 is 2.84 bits per heavy atom. The van der Waals surface area contributed by atoms with Crippen LogP contribution in [-0.4, -0.2) is 14.8 Å². The molecule has 2 N–H and O–H groups in total. The first kappa shape index (κ1) is 11.7. The monoisotopic (exact) mass is 269 g/mol. The van der Waals surface area contributed by atoms with Gasteiger partial charge in [-0.2, -0.15) is 15.0 Å². The number of thiazole rings is 1. The van der Waals surface area contributed by atoms with Gasteiger partial charge in [0.05, 0.1) is 15.9 Å². The number of aryl methyl sites for hydroxylation is 1. The molecule has 5 nitrogen and oxygen atoms in total. The minimum Gasteiger partial charge on any atom is -0.382 e. The highest BCUT2D eigenvalue weighted by Gasteiger charge is 2.17. The average molecular weight is 269 g/mol. The van der Waals surface area contributed by atoms with Gasteiger partial charge in [0.25, 0.3) is 0 Å². The number of nitriles is 1. The van der Waals surface area contributed by atoms with Gasteiger partial charge < -0.3 is 5.73 Å². The Balaban J connectivity index is 2.22. The summed E-state index contributed by atoms with van der Waals surface area (Å²) in [6, 6.07) is 9.96. The van der Waals surface area contributed by atoms with E-state index in [2.05, 4.69) is 16.2 Å². The fourth-order valence-corrected chi connectivity index (χ4v) is 2.88. The van der Waals surface area contributed by atoms with E-state index in [0.29, 0.717) is 28.6 Å². The first-order valence-electron chi connectivity index (χ1n) is 5.88. The molecule has 1 aromatic carbocycles. The van der Waals surface area contributed by atoms with E-state index in [4.69, 9.17) is 11.0 Å². The average Bonchev–Trinajstić information content (AvgIpc) is 2.98. The minimum atomic E-state index is 0.360. The second kappa shape index (κ2) is 4.37. The van der Waals surface area contributed by atoms with Crippen LogP contribution in [0.3, 0.4) is 0 Å². The number of rotatable bonds is 2. The number of hydrogen-bond donors (Lipinski definition) is 1. The Labute approximate surface area is 113 Å². The van der Waals surface area contributed by atoms with Crippen LogP contribution < -0.4 is 5.73 Å². The van der Waals surface area contributed by atoms with Crippen molar-refractivity contribution in [1.29, 1.82) is 5.26 Å². The summed E-state index contributed by atoms with van der Waals surface area (Å²) in [5.41, 5.74) is 8.05. The van der Waals surface area contributed by atoms with Crippen LogP contribution in [0.5, 0.6) is 0 Å². The molecule has 0 atom stereocenters. The Morgan fingerprint density at radius 1 is 1.42 bits per heavy atom. The zero-order valence-electron chi connectivity index (χ0n) is 10.3. The normalized spacial score (nSPS) is 10.7. The molecule has 0 saturated heterocycles. The molecule has 2 heterocycles. The summed E-state index contributed by atoms with van der Waals surface area (Å²) >= 11 is 1.51. The largest absolute Gasteiger partial charge is 0.382 e. The van der Waals surface area contributed by atoms with Crippen molar-refractivity contribution in [2.75, 3.05) is 5.73 Å². The molecule has 0 aliphatic carbocycles. The lowest BCUT2D eigenvalue weighted by Crippen LogP contribution is -2.01. The fourth-order valence-electron chi connectivity index (χ4n) is 1.94. The minimum absolute atomic E-state index is 0.360. The van der Waals surface area contributed by atoms with E-state index in [9.17, 15) is 0 Å². The van der Waals surface area contributed by atoms with Gasteiger partial charge in [-0.25, -0.2) is 4.98 Å². The van der Waals surface area contributed by atoms with Gasteiger partial charge in [-0.3, -0.25) is 0 Å². The maximum absolute atomic E-state index is 9.13. The maximum atomic E-state index is 9.13. The topological polar surface area (TPSA) is 80.5 Å². The molecule has 19 heavy (non-hydrogen) atoms.